The third kappa shape index (κ3) is 5.30. The molecule has 10 heteroatoms. The molecule has 0 saturated carbocycles. The van der Waals surface area contributed by atoms with Gasteiger partial charge in [0.2, 0.25) is 0 Å². The fraction of sp³-hybridized carbons (Fsp3) is 0.400. The standard InChI is InChI=1S/C30H33ClN4O5/c1-6-39-28(37)25-23-11-13-34(27(36)26(23)35(32-25)22-9-7-8-21(31)16-22)24-15-20-17-33(29(38)40-30(3,4)5)12-10-19(20)14-18(24)2/h7-9,14-16H,6,10-13,17H2,1-5H3. The van der Waals surface area contributed by atoms with Crippen LogP contribution in [-0.2, 0) is 28.9 Å². The van der Waals surface area contributed by atoms with E-state index in [9.17, 15) is 14.4 Å². The molecule has 0 N–H and O–H groups in total. The highest BCUT2D eigenvalue weighted by Gasteiger charge is 2.36. The van der Waals surface area contributed by atoms with Gasteiger partial charge in [0.15, 0.2) is 5.69 Å². The van der Waals surface area contributed by atoms with Gasteiger partial charge in [-0.3, -0.25) is 4.79 Å². The van der Waals surface area contributed by atoms with E-state index in [2.05, 4.69) is 11.2 Å². The molecule has 0 radical (unpaired) electrons. The number of esters is 1. The number of hydrogen-bond acceptors (Lipinski definition) is 6. The molecule has 5 rings (SSSR count). The third-order valence-corrected chi connectivity index (χ3v) is 7.25. The summed E-state index contributed by atoms with van der Waals surface area (Å²) in [6, 6.07) is 11.1. The molecule has 0 bridgehead atoms. The van der Waals surface area contributed by atoms with Gasteiger partial charge in [-0.25, -0.2) is 14.3 Å². The molecule has 2 amide bonds. The SMILES string of the molecule is CCOC(=O)c1nn(-c2cccc(Cl)c2)c2c1CCN(c1cc3c(cc1C)CCN(C(=O)OC(C)(C)C)C3)C2=O. The molecule has 3 heterocycles. The van der Waals surface area contributed by atoms with Gasteiger partial charge < -0.3 is 19.3 Å². The first kappa shape index (κ1) is 27.7. The van der Waals surface area contributed by atoms with Gasteiger partial charge in [-0.15, -0.1) is 0 Å². The van der Waals surface area contributed by atoms with Gasteiger partial charge in [0.25, 0.3) is 5.91 Å². The normalized spacial score (nSPS) is 15.0. The summed E-state index contributed by atoms with van der Waals surface area (Å²) in [5.74, 6) is -0.833. The molecule has 0 spiro atoms. The van der Waals surface area contributed by atoms with E-state index in [4.69, 9.17) is 21.1 Å². The quantitative estimate of drug-likeness (QED) is 0.388. The summed E-state index contributed by atoms with van der Waals surface area (Å²) in [6.07, 6.45) is 0.782. The maximum atomic E-state index is 14.1. The molecule has 0 atom stereocenters. The number of carbonyl (C=O) groups excluding carboxylic acids is 3. The maximum absolute atomic E-state index is 14.1. The fourth-order valence-corrected chi connectivity index (χ4v) is 5.43. The third-order valence-electron chi connectivity index (χ3n) is 7.01. The second kappa shape index (κ2) is 10.6. The molecule has 0 saturated heterocycles. The molecule has 0 unspecified atom stereocenters. The van der Waals surface area contributed by atoms with Gasteiger partial charge in [-0.05, 0) is 88.4 Å². The van der Waals surface area contributed by atoms with Crippen LogP contribution in [0.3, 0.4) is 0 Å². The van der Waals surface area contributed by atoms with Crippen molar-refractivity contribution < 1.29 is 23.9 Å². The second-order valence-corrected chi connectivity index (χ2v) is 11.5. The van der Waals surface area contributed by atoms with E-state index in [-0.39, 0.29) is 24.3 Å². The van der Waals surface area contributed by atoms with Gasteiger partial charge >= 0.3 is 12.1 Å². The van der Waals surface area contributed by atoms with Crippen LogP contribution < -0.4 is 4.90 Å². The minimum Gasteiger partial charge on any atom is -0.461 e. The van der Waals surface area contributed by atoms with Crippen molar-refractivity contribution in [3.63, 3.8) is 0 Å². The molecule has 2 aromatic carbocycles. The number of aryl methyl sites for hydroxylation is 1. The van der Waals surface area contributed by atoms with Crippen LogP contribution in [0.5, 0.6) is 0 Å². The smallest absolute Gasteiger partial charge is 0.410 e. The molecule has 40 heavy (non-hydrogen) atoms. The Morgan fingerprint density at radius 1 is 1.07 bits per heavy atom. The van der Waals surface area contributed by atoms with Crippen molar-refractivity contribution in [2.75, 3.05) is 24.6 Å². The molecular weight excluding hydrogens is 532 g/mol. The Kier molecular flexibility index (Phi) is 7.35. The minimum atomic E-state index is -0.581. The largest absolute Gasteiger partial charge is 0.461 e. The molecule has 210 valence electrons. The Balaban J connectivity index is 1.52. The lowest BCUT2D eigenvalue weighted by Crippen LogP contribution is -2.41. The Morgan fingerprint density at radius 3 is 2.55 bits per heavy atom. The first-order chi connectivity index (χ1) is 19.0. The minimum absolute atomic E-state index is 0.139. The average Bonchev–Trinajstić information content (AvgIpc) is 3.28. The molecule has 9 nitrogen and oxygen atoms in total. The number of hydrogen-bond donors (Lipinski definition) is 0. The topological polar surface area (TPSA) is 94.0 Å². The summed E-state index contributed by atoms with van der Waals surface area (Å²) in [7, 11) is 0. The lowest BCUT2D eigenvalue weighted by Gasteiger charge is -2.33. The monoisotopic (exact) mass is 564 g/mol. The zero-order valence-corrected chi connectivity index (χ0v) is 24.2. The van der Waals surface area contributed by atoms with E-state index in [1.54, 1.807) is 41.0 Å². The second-order valence-electron chi connectivity index (χ2n) is 11.1. The molecule has 1 aromatic heterocycles. The molecule has 0 fully saturated rings. The highest BCUT2D eigenvalue weighted by atomic mass is 35.5. The van der Waals surface area contributed by atoms with E-state index in [1.807, 2.05) is 33.8 Å². The van der Waals surface area contributed by atoms with Crippen LogP contribution >= 0.6 is 11.6 Å². The van der Waals surface area contributed by atoms with Crippen molar-refractivity contribution in [1.82, 2.24) is 14.7 Å². The molecular formula is C30H33ClN4O5. The number of halogens is 1. The van der Waals surface area contributed by atoms with Crippen LogP contribution in [0.4, 0.5) is 10.5 Å². The Labute approximate surface area is 238 Å². The number of fused-ring (bicyclic) bond motifs is 2. The lowest BCUT2D eigenvalue weighted by atomic mass is 9.94. The predicted molar refractivity (Wildman–Crippen MR) is 151 cm³/mol. The van der Waals surface area contributed by atoms with Crippen LogP contribution in [0.25, 0.3) is 5.69 Å². The van der Waals surface area contributed by atoms with Crippen molar-refractivity contribution in [3.05, 3.63) is 75.1 Å². The van der Waals surface area contributed by atoms with E-state index in [0.29, 0.717) is 54.4 Å². The summed E-state index contributed by atoms with van der Waals surface area (Å²) in [5.41, 5.74) is 4.85. The number of carbonyl (C=O) groups is 3. The van der Waals surface area contributed by atoms with Crippen molar-refractivity contribution in [3.8, 4) is 5.69 Å². The predicted octanol–water partition coefficient (Wildman–Crippen LogP) is 5.51. The van der Waals surface area contributed by atoms with Crippen LogP contribution in [0, 0.1) is 6.92 Å². The summed E-state index contributed by atoms with van der Waals surface area (Å²) in [5, 5.41) is 5.02. The maximum Gasteiger partial charge on any atom is 0.410 e. The zero-order valence-electron chi connectivity index (χ0n) is 23.4. The van der Waals surface area contributed by atoms with Crippen LogP contribution in [-0.4, -0.2) is 57.9 Å². The summed E-state index contributed by atoms with van der Waals surface area (Å²) in [4.78, 5) is 43.1. The highest BCUT2D eigenvalue weighted by Crippen LogP contribution is 2.34. The number of rotatable bonds is 4. The van der Waals surface area contributed by atoms with Gasteiger partial charge in [0.1, 0.15) is 11.3 Å². The fourth-order valence-electron chi connectivity index (χ4n) is 5.24. The van der Waals surface area contributed by atoms with Gasteiger partial charge in [-0.2, -0.15) is 5.10 Å². The Bertz CT molecular complexity index is 1510. The Morgan fingerprint density at radius 2 is 1.85 bits per heavy atom. The van der Waals surface area contributed by atoms with Crippen molar-refractivity contribution in [1.29, 1.82) is 0 Å². The molecule has 2 aliphatic heterocycles. The van der Waals surface area contributed by atoms with E-state index < -0.39 is 11.6 Å². The molecule has 2 aliphatic rings. The van der Waals surface area contributed by atoms with E-state index >= 15 is 0 Å². The Hall–Kier alpha value is -3.85. The number of nitrogens with zero attached hydrogens (tertiary/aromatic N) is 4. The summed E-state index contributed by atoms with van der Waals surface area (Å²) < 4.78 is 12.3. The number of anilines is 1. The van der Waals surface area contributed by atoms with E-state index in [1.165, 1.54) is 4.68 Å². The molecule has 3 aromatic rings. The van der Waals surface area contributed by atoms with Gasteiger partial charge in [-0.1, -0.05) is 23.7 Å². The van der Waals surface area contributed by atoms with Crippen molar-refractivity contribution in [2.45, 2.75) is 59.6 Å². The van der Waals surface area contributed by atoms with Gasteiger partial charge in [0.05, 0.1) is 12.3 Å². The van der Waals surface area contributed by atoms with Crippen LogP contribution in [0.1, 0.15) is 70.9 Å². The first-order valence-electron chi connectivity index (χ1n) is 13.4. The number of ether oxygens (including phenoxy) is 2. The van der Waals surface area contributed by atoms with Crippen molar-refractivity contribution in [2.24, 2.45) is 0 Å². The highest BCUT2D eigenvalue weighted by molar-refractivity contribution is 6.30. The number of benzene rings is 2. The van der Waals surface area contributed by atoms with Crippen molar-refractivity contribution >= 4 is 35.3 Å². The summed E-state index contributed by atoms with van der Waals surface area (Å²) in [6.45, 7) is 10.8. The zero-order chi connectivity index (χ0) is 28.8. The average molecular weight is 565 g/mol. The lowest BCUT2D eigenvalue weighted by molar-refractivity contribution is 0.0223. The summed E-state index contributed by atoms with van der Waals surface area (Å²) >= 11 is 6.25. The van der Waals surface area contributed by atoms with Gasteiger partial charge in [0, 0.05) is 35.9 Å². The van der Waals surface area contributed by atoms with E-state index in [0.717, 1.165) is 22.4 Å². The first-order valence-corrected chi connectivity index (χ1v) is 13.8. The number of aromatic nitrogens is 2. The molecule has 0 aliphatic carbocycles. The number of amides is 2. The van der Waals surface area contributed by atoms with Crippen LogP contribution in [0.2, 0.25) is 5.02 Å². The van der Waals surface area contributed by atoms with Crippen LogP contribution in [0.15, 0.2) is 36.4 Å².